The van der Waals surface area contributed by atoms with E-state index in [9.17, 15) is 9.59 Å². The average Bonchev–Trinajstić information content (AvgIpc) is 2.71. The molecule has 3 aromatic rings. The third-order valence-electron chi connectivity index (χ3n) is 4.71. The van der Waals surface area contributed by atoms with Crippen molar-refractivity contribution in [2.75, 3.05) is 20.8 Å². The first-order chi connectivity index (χ1) is 13.5. The van der Waals surface area contributed by atoms with Crippen LogP contribution in [0.2, 0.25) is 0 Å². The number of aryl methyl sites for hydroxylation is 1. The number of hydrogen-bond acceptors (Lipinski definition) is 4. The number of fused-ring (bicyclic) bond motifs is 1. The number of nitrogens with zero attached hydrogens (tertiary/aromatic N) is 1. The second-order valence-corrected chi connectivity index (χ2v) is 6.56. The fraction of sp³-hybridized carbons (Fsp3) is 0.273. The molecule has 3 rings (SSSR count). The van der Waals surface area contributed by atoms with Crippen molar-refractivity contribution in [1.29, 1.82) is 0 Å². The summed E-state index contributed by atoms with van der Waals surface area (Å²) in [5, 5.41) is 3.85. The molecule has 0 atom stereocenters. The topological polar surface area (TPSA) is 69.6 Å². The number of amides is 1. The molecule has 0 aliphatic rings. The lowest BCUT2D eigenvalue weighted by Crippen LogP contribution is -2.33. The number of carbonyl (C=O) groups excluding carboxylic acids is 1. The molecule has 28 heavy (non-hydrogen) atoms. The Balaban J connectivity index is 1.66. The highest BCUT2D eigenvalue weighted by atomic mass is 16.5. The van der Waals surface area contributed by atoms with Crippen LogP contribution < -0.4 is 20.3 Å². The largest absolute Gasteiger partial charge is 0.493 e. The number of carbonyl (C=O) groups is 1. The Morgan fingerprint density at radius 3 is 2.54 bits per heavy atom. The number of benzene rings is 2. The minimum absolute atomic E-state index is 0.00837. The van der Waals surface area contributed by atoms with Crippen molar-refractivity contribution in [3.05, 3.63) is 70.0 Å². The monoisotopic (exact) mass is 380 g/mol. The average molecular weight is 380 g/mol. The highest BCUT2D eigenvalue weighted by Gasteiger charge is 2.10. The van der Waals surface area contributed by atoms with Crippen LogP contribution in [-0.2, 0) is 17.8 Å². The number of aromatic nitrogens is 1. The van der Waals surface area contributed by atoms with E-state index in [0.29, 0.717) is 24.5 Å². The van der Waals surface area contributed by atoms with E-state index in [1.807, 2.05) is 49.4 Å². The SMILES string of the molecule is COc1ccc(CCNC(=O)Cn2c(=O)cc(C)c3ccccc32)cc1OC. The molecule has 0 saturated carbocycles. The first kappa shape index (κ1) is 19.5. The Hall–Kier alpha value is -3.28. The van der Waals surface area contributed by atoms with Gasteiger partial charge in [0.2, 0.25) is 5.91 Å². The standard InChI is InChI=1S/C22H24N2O4/c1-15-12-22(26)24(18-7-5-4-6-17(15)18)14-21(25)23-11-10-16-8-9-19(27-2)20(13-16)28-3/h4-9,12-13H,10-11,14H2,1-3H3,(H,23,25). The van der Waals surface area contributed by atoms with Crippen LogP contribution in [0, 0.1) is 6.92 Å². The lowest BCUT2D eigenvalue weighted by molar-refractivity contribution is -0.121. The van der Waals surface area contributed by atoms with Crippen LogP contribution in [0.5, 0.6) is 11.5 Å². The Morgan fingerprint density at radius 2 is 1.79 bits per heavy atom. The van der Waals surface area contributed by atoms with Crippen LogP contribution in [0.3, 0.4) is 0 Å². The number of methoxy groups -OCH3 is 2. The summed E-state index contributed by atoms with van der Waals surface area (Å²) in [7, 11) is 3.18. The highest BCUT2D eigenvalue weighted by Crippen LogP contribution is 2.27. The van der Waals surface area contributed by atoms with Gasteiger partial charge in [-0.25, -0.2) is 0 Å². The fourth-order valence-electron chi connectivity index (χ4n) is 3.25. The van der Waals surface area contributed by atoms with Crippen molar-refractivity contribution in [3.63, 3.8) is 0 Å². The molecule has 0 fully saturated rings. The van der Waals surface area contributed by atoms with E-state index in [2.05, 4.69) is 5.32 Å². The summed E-state index contributed by atoms with van der Waals surface area (Å²) >= 11 is 0. The molecule has 6 nitrogen and oxygen atoms in total. The van der Waals surface area contributed by atoms with Gasteiger partial charge in [-0.2, -0.15) is 0 Å². The zero-order valence-corrected chi connectivity index (χ0v) is 16.3. The van der Waals surface area contributed by atoms with Crippen LogP contribution in [0.1, 0.15) is 11.1 Å². The summed E-state index contributed by atoms with van der Waals surface area (Å²) in [5.74, 6) is 1.13. The quantitative estimate of drug-likeness (QED) is 0.684. The fourth-order valence-corrected chi connectivity index (χ4v) is 3.25. The van der Waals surface area contributed by atoms with E-state index in [1.165, 1.54) is 4.57 Å². The maximum Gasteiger partial charge on any atom is 0.251 e. The van der Waals surface area contributed by atoms with Crippen molar-refractivity contribution in [2.45, 2.75) is 19.9 Å². The van der Waals surface area contributed by atoms with Gasteiger partial charge in [-0.1, -0.05) is 24.3 Å². The van der Waals surface area contributed by atoms with Crippen LogP contribution in [0.15, 0.2) is 53.3 Å². The Bertz CT molecular complexity index is 1060. The van der Waals surface area contributed by atoms with Crippen LogP contribution in [0.25, 0.3) is 10.9 Å². The Morgan fingerprint density at radius 1 is 1.04 bits per heavy atom. The Kier molecular flexibility index (Phi) is 5.99. The van der Waals surface area contributed by atoms with Gasteiger partial charge in [-0.3, -0.25) is 14.2 Å². The highest BCUT2D eigenvalue weighted by molar-refractivity contribution is 5.84. The summed E-state index contributed by atoms with van der Waals surface area (Å²) in [6, 6.07) is 14.8. The van der Waals surface area contributed by atoms with Gasteiger partial charge in [0.05, 0.1) is 19.7 Å². The van der Waals surface area contributed by atoms with E-state index in [4.69, 9.17) is 9.47 Å². The van der Waals surface area contributed by atoms with E-state index >= 15 is 0 Å². The maximum absolute atomic E-state index is 12.4. The van der Waals surface area contributed by atoms with Crippen molar-refractivity contribution < 1.29 is 14.3 Å². The van der Waals surface area contributed by atoms with Crippen LogP contribution in [-0.4, -0.2) is 31.2 Å². The van der Waals surface area contributed by atoms with Gasteiger partial charge in [0.1, 0.15) is 6.54 Å². The van der Waals surface area contributed by atoms with Crippen molar-refractivity contribution in [1.82, 2.24) is 9.88 Å². The molecule has 0 bridgehead atoms. The van der Waals surface area contributed by atoms with E-state index in [0.717, 1.165) is 22.0 Å². The predicted octanol–water partition coefficient (Wildman–Crippen LogP) is 2.69. The lowest BCUT2D eigenvalue weighted by Gasteiger charge is -2.13. The van der Waals surface area contributed by atoms with Gasteiger partial charge in [-0.15, -0.1) is 0 Å². The zero-order chi connectivity index (χ0) is 20.1. The number of hydrogen-bond donors (Lipinski definition) is 1. The summed E-state index contributed by atoms with van der Waals surface area (Å²) < 4.78 is 12.0. The van der Waals surface area contributed by atoms with E-state index < -0.39 is 0 Å². The second-order valence-electron chi connectivity index (χ2n) is 6.56. The summed E-state index contributed by atoms with van der Waals surface area (Å²) in [4.78, 5) is 24.8. The lowest BCUT2D eigenvalue weighted by atomic mass is 10.1. The van der Waals surface area contributed by atoms with Gasteiger partial charge in [0.25, 0.3) is 5.56 Å². The molecule has 0 aliphatic carbocycles. The molecule has 2 aromatic carbocycles. The van der Waals surface area contributed by atoms with Crippen LogP contribution in [0.4, 0.5) is 0 Å². The first-order valence-corrected chi connectivity index (χ1v) is 9.10. The number of pyridine rings is 1. The third kappa shape index (κ3) is 4.17. The molecule has 6 heteroatoms. The number of para-hydroxylation sites is 1. The van der Waals surface area contributed by atoms with Crippen molar-refractivity contribution in [2.24, 2.45) is 0 Å². The molecular formula is C22H24N2O4. The molecule has 146 valence electrons. The molecule has 1 heterocycles. The molecule has 1 aromatic heterocycles. The zero-order valence-electron chi connectivity index (χ0n) is 16.3. The van der Waals surface area contributed by atoms with Crippen molar-refractivity contribution in [3.8, 4) is 11.5 Å². The summed E-state index contributed by atoms with van der Waals surface area (Å²) in [5.41, 5.74) is 2.52. The number of ether oxygens (including phenoxy) is 2. The van der Waals surface area contributed by atoms with Gasteiger partial charge >= 0.3 is 0 Å². The third-order valence-corrected chi connectivity index (χ3v) is 4.71. The predicted molar refractivity (Wildman–Crippen MR) is 109 cm³/mol. The molecule has 0 aliphatic heterocycles. The second kappa shape index (κ2) is 8.61. The molecule has 0 saturated heterocycles. The molecule has 0 radical (unpaired) electrons. The molecular weight excluding hydrogens is 356 g/mol. The smallest absolute Gasteiger partial charge is 0.251 e. The molecule has 1 N–H and O–H groups in total. The summed E-state index contributed by atoms with van der Waals surface area (Å²) in [6.07, 6.45) is 0.648. The number of rotatable bonds is 7. The molecule has 1 amide bonds. The first-order valence-electron chi connectivity index (χ1n) is 9.10. The minimum Gasteiger partial charge on any atom is -0.493 e. The van der Waals surface area contributed by atoms with Gasteiger partial charge in [-0.05, 0) is 42.7 Å². The van der Waals surface area contributed by atoms with E-state index in [1.54, 1.807) is 20.3 Å². The van der Waals surface area contributed by atoms with Gasteiger partial charge < -0.3 is 14.8 Å². The maximum atomic E-state index is 12.4. The van der Waals surface area contributed by atoms with E-state index in [-0.39, 0.29) is 18.0 Å². The van der Waals surface area contributed by atoms with Crippen molar-refractivity contribution >= 4 is 16.8 Å². The molecule has 0 unspecified atom stereocenters. The van der Waals surface area contributed by atoms with Gasteiger partial charge in [0, 0.05) is 18.0 Å². The minimum atomic E-state index is -0.198. The molecule has 0 spiro atoms. The number of nitrogens with one attached hydrogen (secondary N) is 1. The van der Waals surface area contributed by atoms with Gasteiger partial charge in [0.15, 0.2) is 11.5 Å². The Labute approximate surface area is 163 Å². The van der Waals surface area contributed by atoms with Crippen LogP contribution >= 0.6 is 0 Å². The summed E-state index contributed by atoms with van der Waals surface area (Å²) in [6.45, 7) is 2.36. The normalized spacial score (nSPS) is 10.7.